The zero-order chi connectivity index (χ0) is 53.0. The maximum absolute atomic E-state index is 14.2. The topological polar surface area (TPSA) is 186 Å². The summed E-state index contributed by atoms with van der Waals surface area (Å²) < 4.78 is 157. The minimum Gasteiger partial charge on any atom is -0.486 e. The Labute approximate surface area is 420 Å². The molecule has 2 aliphatic heterocycles. The number of anilines is 2. The summed E-state index contributed by atoms with van der Waals surface area (Å²) in [6, 6.07) is 28.1. The number of benzene rings is 6. The number of aryl methyl sites for hydroxylation is 2. The zero-order valence-electron chi connectivity index (χ0n) is 38.9. The molecule has 74 heavy (non-hydrogen) atoms. The van der Waals surface area contributed by atoms with Crippen LogP contribution >= 0.6 is 0 Å². The van der Waals surface area contributed by atoms with Crippen molar-refractivity contribution in [2.45, 2.75) is 61.9 Å². The molecule has 0 amide bonds. The van der Waals surface area contributed by atoms with Crippen LogP contribution < -0.4 is 27.6 Å². The standard InChI is InChI=1S/2C26H22F3NO6S/c2*1-14-3-2-4-19(7-14)37(33,34)30-13-24(20-12-21(20)25(31)32)36-23-6-5-15(10-22(23)30)16-8-17(27)11-18(9-16)35-26(28)29/h2*2-11,20-21,24,26H,12-13H2,1H3,(H,31,32)/t20-,21-,24+;20-,21-,24-/m01/s1. The van der Waals surface area contributed by atoms with Crippen LogP contribution in [-0.4, -0.2) is 77.5 Å². The smallest absolute Gasteiger partial charge is 0.387 e. The van der Waals surface area contributed by atoms with Gasteiger partial charge in [0.05, 0.1) is 46.1 Å². The molecule has 0 unspecified atom stereocenters. The molecule has 2 fully saturated rings. The van der Waals surface area contributed by atoms with Crippen LogP contribution in [0.15, 0.2) is 131 Å². The predicted molar refractivity (Wildman–Crippen MR) is 256 cm³/mol. The maximum atomic E-state index is 14.2. The number of fused-ring (bicyclic) bond motifs is 2. The Morgan fingerprint density at radius 3 is 1.28 bits per heavy atom. The summed E-state index contributed by atoms with van der Waals surface area (Å²) in [7, 11) is -8.20. The molecule has 2 N–H and O–H groups in total. The molecular weight excluding hydrogens is 1020 g/mol. The summed E-state index contributed by atoms with van der Waals surface area (Å²) in [5.41, 5.74) is 2.89. The molecule has 22 heteroatoms. The average molecular weight is 1070 g/mol. The third-order valence-electron chi connectivity index (χ3n) is 13.0. The molecule has 0 radical (unpaired) electrons. The van der Waals surface area contributed by atoms with Gasteiger partial charge in [-0.2, -0.15) is 17.6 Å². The third kappa shape index (κ3) is 10.9. The third-order valence-corrected chi connectivity index (χ3v) is 16.5. The van der Waals surface area contributed by atoms with Gasteiger partial charge in [-0.15, -0.1) is 0 Å². The minimum absolute atomic E-state index is 0.0495. The lowest BCUT2D eigenvalue weighted by molar-refractivity contribution is -0.140. The van der Waals surface area contributed by atoms with E-state index in [2.05, 4.69) is 9.47 Å². The number of nitrogens with zero attached hydrogens (tertiary/aromatic N) is 2. The van der Waals surface area contributed by atoms with Gasteiger partial charge < -0.3 is 29.2 Å². The van der Waals surface area contributed by atoms with Gasteiger partial charge in [0.1, 0.15) is 46.8 Å². The molecule has 0 bridgehead atoms. The molecule has 4 aliphatic rings. The number of rotatable bonds is 14. The van der Waals surface area contributed by atoms with Crippen molar-refractivity contribution in [2.75, 3.05) is 21.7 Å². The van der Waals surface area contributed by atoms with Gasteiger partial charge in [0.25, 0.3) is 20.0 Å². The monoisotopic (exact) mass is 1070 g/mol. The SMILES string of the molecule is Cc1cccc(S(=O)(=O)N2C[C@H]([C@@H]3C[C@H]3C(=O)O)Oc3ccc(-c4cc(F)cc(OC(F)F)c4)cc32)c1.Cc1cccc(S(=O)(=O)N2C[C@H]([C@H]3C[C@@H]3C(=O)O)Oc3ccc(-c4cc(F)cc(OC(F)F)c4)cc32)c1. The number of hydrogen-bond donors (Lipinski definition) is 2. The highest BCUT2D eigenvalue weighted by Crippen LogP contribution is 2.50. The quantitative estimate of drug-likeness (QED) is 0.0985. The van der Waals surface area contributed by atoms with E-state index in [0.717, 1.165) is 35.4 Å². The summed E-state index contributed by atoms with van der Waals surface area (Å²) in [5.74, 6) is -5.79. The fourth-order valence-corrected chi connectivity index (χ4v) is 12.4. The van der Waals surface area contributed by atoms with Crippen LogP contribution in [0.5, 0.6) is 23.0 Å². The second-order valence-electron chi connectivity index (χ2n) is 18.2. The number of carboxylic acid groups (broad SMARTS) is 2. The van der Waals surface area contributed by atoms with Gasteiger partial charge >= 0.3 is 25.2 Å². The molecule has 0 aromatic heterocycles. The van der Waals surface area contributed by atoms with Crippen molar-refractivity contribution in [2.24, 2.45) is 23.7 Å². The first-order valence-corrected chi connectivity index (χ1v) is 25.7. The van der Waals surface area contributed by atoms with E-state index < -0.39 is 80.9 Å². The highest BCUT2D eigenvalue weighted by molar-refractivity contribution is 7.93. The lowest BCUT2D eigenvalue weighted by atomic mass is 10.0. The highest BCUT2D eigenvalue weighted by Gasteiger charge is 2.53. The summed E-state index contributed by atoms with van der Waals surface area (Å²) in [6.07, 6.45) is -0.609. The normalized spacial score (nSPS) is 20.8. The fraction of sp³-hybridized carbons (Fsp3) is 0.269. The molecule has 0 spiro atoms. The first kappa shape index (κ1) is 51.4. The van der Waals surface area contributed by atoms with Crippen LogP contribution in [0.1, 0.15) is 24.0 Å². The van der Waals surface area contributed by atoms with E-state index >= 15 is 0 Å². The van der Waals surface area contributed by atoms with E-state index in [1.165, 1.54) is 69.3 Å². The van der Waals surface area contributed by atoms with E-state index in [0.29, 0.717) is 24.0 Å². The number of carbonyl (C=O) groups is 2. The molecule has 6 aromatic carbocycles. The Morgan fingerprint density at radius 1 is 0.554 bits per heavy atom. The number of halogens is 6. The predicted octanol–water partition coefficient (Wildman–Crippen LogP) is 10.2. The Morgan fingerprint density at radius 2 is 0.946 bits per heavy atom. The minimum atomic E-state index is -4.10. The van der Waals surface area contributed by atoms with Gasteiger partial charge in [0.15, 0.2) is 0 Å². The molecule has 2 saturated carbocycles. The Hall–Kier alpha value is -7.46. The summed E-state index contributed by atoms with van der Waals surface area (Å²) in [5, 5.41) is 18.7. The molecule has 2 heterocycles. The molecule has 14 nitrogen and oxygen atoms in total. The number of alkyl halides is 4. The van der Waals surface area contributed by atoms with Crippen LogP contribution in [0, 0.1) is 49.2 Å². The lowest BCUT2D eigenvalue weighted by Crippen LogP contribution is -2.45. The van der Waals surface area contributed by atoms with Crippen molar-refractivity contribution in [3.05, 3.63) is 144 Å². The first-order valence-electron chi connectivity index (χ1n) is 22.8. The number of sulfonamides is 2. The fourth-order valence-electron chi connectivity index (χ4n) is 9.23. The second kappa shape index (κ2) is 20.1. The molecule has 6 aromatic rings. The van der Waals surface area contributed by atoms with Gasteiger partial charge in [0, 0.05) is 24.0 Å². The molecule has 2 aliphatic carbocycles. The van der Waals surface area contributed by atoms with Crippen molar-refractivity contribution >= 4 is 43.4 Å². The van der Waals surface area contributed by atoms with Gasteiger partial charge in [-0.25, -0.2) is 25.6 Å². The highest BCUT2D eigenvalue weighted by atomic mass is 32.2. The van der Waals surface area contributed by atoms with Crippen molar-refractivity contribution in [3.63, 3.8) is 0 Å². The molecular formula is C52H44F6N2O12S2. The van der Waals surface area contributed by atoms with Gasteiger partial charge in [-0.3, -0.25) is 18.2 Å². The summed E-state index contributed by atoms with van der Waals surface area (Å²) in [6.45, 7) is -3.00. The van der Waals surface area contributed by atoms with E-state index in [1.807, 2.05) is 0 Å². The zero-order valence-corrected chi connectivity index (χ0v) is 40.6. The summed E-state index contributed by atoms with van der Waals surface area (Å²) >= 11 is 0. The van der Waals surface area contributed by atoms with E-state index in [-0.39, 0.29) is 80.2 Å². The number of hydrogen-bond acceptors (Lipinski definition) is 10. The van der Waals surface area contributed by atoms with E-state index in [1.54, 1.807) is 50.2 Å². The van der Waals surface area contributed by atoms with Gasteiger partial charge in [-0.1, -0.05) is 36.4 Å². The summed E-state index contributed by atoms with van der Waals surface area (Å²) in [4.78, 5) is 23.0. The van der Waals surface area contributed by atoms with Crippen LogP contribution in [0.2, 0.25) is 0 Å². The molecule has 6 atom stereocenters. The van der Waals surface area contributed by atoms with Crippen molar-refractivity contribution in [1.29, 1.82) is 0 Å². The second-order valence-corrected chi connectivity index (χ2v) is 21.9. The van der Waals surface area contributed by atoms with Crippen LogP contribution in [-0.2, 0) is 29.6 Å². The lowest BCUT2D eigenvalue weighted by Gasteiger charge is -2.36. The largest absolute Gasteiger partial charge is 0.486 e. The van der Waals surface area contributed by atoms with Gasteiger partial charge in [0.2, 0.25) is 0 Å². The maximum Gasteiger partial charge on any atom is 0.387 e. The van der Waals surface area contributed by atoms with E-state index in [4.69, 9.17) is 9.47 Å². The molecule has 10 rings (SSSR count). The molecule has 0 saturated heterocycles. The van der Waals surface area contributed by atoms with Crippen molar-refractivity contribution in [3.8, 4) is 45.3 Å². The number of carboxylic acids is 2. The number of aliphatic carboxylic acids is 2. The Bertz CT molecular complexity index is 3180. The first-order chi connectivity index (χ1) is 35.0. The van der Waals surface area contributed by atoms with Crippen LogP contribution in [0.4, 0.5) is 37.7 Å². The Kier molecular flexibility index (Phi) is 14.0. The van der Waals surface area contributed by atoms with Crippen molar-refractivity contribution < 1.29 is 81.9 Å². The van der Waals surface area contributed by atoms with Crippen molar-refractivity contribution in [1.82, 2.24) is 0 Å². The average Bonchev–Trinajstić information content (AvgIpc) is 4.28. The Balaban J connectivity index is 0.000000182. The number of ether oxygens (including phenoxy) is 4. The van der Waals surface area contributed by atoms with Crippen LogP contribution in [0.25, 0.3) is 22.3 Å². The van der Waals surface area contributed by atoms with E-state index in [9.17, 15) is 63.0 Å². The molecule has 388 valence electrons. The van der Waals surface area contributed by atoms with Gasteiger partial charge in [-0.05, 0) is 133 Å². The van der Waals surface area contributed by atoms with Crippen LogP contribution in [0.3, 0.4) is 0 Å².